The van der Waals surface area contributed by atoms with Crippen molar-refractivity contribution in [1.29, 1.82) is 5.26 Å². The molecule has 0 bridgehead atoms. The van der Waals surface area contributed by atoms with Crippen molar-refractivity contribution in [3.63, 3.8) is 0 Å². The summed E-state index contributed by atoms with van der Waals surface area (Å²) in [7, 11) is 1.53. The molecule has 0 fully saturated rings. The Morgan fingerprint density at radius 2 is 1.94 bits per heavy atom. The van der Waals surface area contributed by atoms with E-state index in [-0.39, 0.29) is 12.2 Å². The highest BCUT2D eigenvalue weighted by molar-refractivity contribution is 14.1. The molecule has 1 amide bonds. The van der Waals surface area contributed by atoms with Gasteiger partial charge in [-0.2, -0.15) is 5.26 Å². The number of ether oxygens (including phenoxy) is 2. The summed E-state index contributed by atoms with van der Waals surface area (Å²) in [6, 6.07) is 20.0. The molecule has 0 aliphatic rings. The van der Waals surface area contributed by atoms with E-state index >= 15 is 0 Å². The topological polar surface area (TPSA) is 71.3 Å². The fourth-order valence-electron chi connectivity index (χ4n) is 2.78. The highest BCUT2D eigenvalue weighted by atomic mass is 127. The Bertz CT molecular complexity index is 1210. The molecule has 0 spiro atoms. The average molecular weight is 624 g/mol. The Morgan fingerprint density at radius 3 is 2.59 bits per heavy atom. The van der Waals surface area contributed by atoms with E-state index in [2.05, 4.69) is 43.8 Å². The maximum Gasteiger partial charge on any atom is 0.266 e. The van der Waals surface area contributed by atoms with Gasteiger partial charge in [-0.05, 0) is 76.7 Å². The first-order valence-electron chi connectivity index (χ1n) is 9.33. The minimum Gasteiger partial charge on any atom is -0.493 e. The Morgan fingerprint density at radius 1 is 1.22 bits per heavy atom. The van der Waals surface area contributed by atoms with Crippen LogP contribution in [0.4, 0.5) is 5.69 Å². The fraction of sp³-hybridized carbons (Fsp3) is 0.0833. The summed E-state index contributed by atoms with van der Waals surface area (Å²) in [4.78, 5) is 12.5. The number of amides is 1. The number of nitrogens with one attached hydrogen (secondary N) is 1. The molecule has 0 atom stereocenters. The number of nitriles is 1. The number of hydrogen-bond donors (Lipinski definition) is 1. The van der Waals surface area contributed by atoms with Crippen LogP contribution >= 0.6 is 50.1 Å². The van der Waals surface area contributed by atoms with Gasteiger partial charge in [-0.3, -0.25) is 4.79 Å². The fourth-order valence-corrected chi connectivity index (χ4v) is 4.01. The molecule has 0 saturated carbocycles. The van der Waals surface area contributed by atoms with Gasteiger partial charge >= 0.3 is 0 Å². The van der Waals surface area contributed by atoms with Crippen molar-refractivity contribution < 1.29 is 14.3 Å². The van der Waals surface area contributed by atoms with Crippen LogP contribution in [-0.2, 0) is 11.4 Å². The number of anilines is 1. The second-order valence-electron chi connectivity index (χ2n) is 6.55. The number of halogens is 3. The van der Waals surface area contributed by atoms with Crippen molar-refractivity contribution >= 4 is 67.8 Å². The zero-order valence-electron chi connectivity index (χ0n) is 16.9. The van der Waals surface area contributed by atoms with Gasteiger partial charge in [0.1, 0.15) is 18.2 Å². The summed E-state index contributed by atoms with van der Waals surface area (Å²) in [6.45, 7) is 0.278. The largest absolute Gasteiger partial charge is 0.493 e. The van der Waals surface area contributed by atoms with Crippen LogP contribution in [0.15, 0.2) is 70.7 Å². The molecule has 3 rings (SSSR count). The van der Waals surface area contributed by atoms with Crippen molar-refractivity contribution in [2.45, 2.75) is 6.61 Å². The smallest absolute Gasteiger partial charge is 0.266 e. The number of carbonyl (C=O) groups is 1. The summed E-state index contributed by atoms with van der Waals surface area (Å²) in [5, 5.41) is 12.8. The minimum atomic E-state index is -0.497. The van der Waals surface area contributed by atoms with Gasteiger partial charge in [-0.15, -0.1) is 0 Å². The van der Waals surface area contributed by atoms with Gasteiger partial charge in [0.25, 0.3) is 5.91 Å². The molecule has 32 heavy (non-hydrogen) atoms. The van der Waals surface area contributed by atoms with Crippen LogP contribution in [0.1, 0.15) is 11.1 Å². The van der Waals surface area contributed by atoms with E-state index < -0.39 is 5.91 Å². The molecule has 0 heterocycles. The van der Waals surface area contributed by atoms with Gasteiger partial charge in [-0.1, -0.05) is 45.7 Å². The third-order valence-corrected chi connectivity index (χ3v) is 6.06. The minimum absolute atomic E-state index is 0.0319. The lowest BCUT2D eigenvalue weighted by atomic mass is 10.1. The first kappa shape index (κ1) is 24.1. The molecule has 0 radical (unpaired) electrons. The van der Waals surface area contributed by atoms with Crippen LogP contribution in [0.5, 0.6) is 11.5 Å². The van der Waals surface area contributed by atoms with E-state index in [9.17, 15) is 10.1 Å². The zero-order valence-corrected chi connectivity index (χ0v) is 21.4. The molecule has 3 aromatic rings. The maximum atomic E-state index is 12.5. The number of methoxy groups -OCH3 is 1. The molecule has 8 heteroatoms. The van der Waals surface area contributed by atoms with Crippen LogP contribution < -0.4 is 14.8 Å². The molecule has 3 aromatic carbocycles. The molecule has 0 aliphatic carbocycles. The third-order valence-electron chi connectivity index (χ3n) is 4.36. The van der Waals surface area contributed by atoms with Gasteiger partial charge < -0.3 is 14.8 Å². The first-order valence-corrected chi connectivity index (χ1v) is 11.6. The Kier molecular flexibility index (Phi) is 8.56. The highest BCUT2D eigenvalue weighted by Gasteiger charge is 2.15. The zero-order chi connectivity index (χ0) is 23.1. The predicted molar refractivity (Wildman–Crippen MR) is 138 cm³/mol. The summed E-state index contributed by atoms with van der Waals surface area (Å²) in [6.07, 6.45) is 1.51. The van der Waals surface area contributed by atoms with Crippen LogP contribution in [0, 0.1) is 14.9 Å². The normalized spacial score (nSPS) is 10.9. The van der Waals surface area contributed by atoms with Crippen molar-refractivity contribution in [2.75, 3.05) is 12.4 Å². The summed E-state index contributed by atoms with van der Waals surface area (Å²) >= 11 is 11.7. The van der Waals surface area contributed by atoms with Gasteiger partial charge in [0.2, 0.25) is 0 Å². The highest BCUT2D eigenvalue weighted by Crippen LogP contribution is 2.35. The molecule has 0 saturated heterocycles. The molecule has 5 nitrogen and oxygen atoms in total. The molecule has 0 aromatic heterocycles. The lowest BCUT2D eigenvalue weighted by molar-refractivity contribution is -0.112. The Hall–Kier alpha value is -2.54. The lowest BCUT2D eigenvalue weighted by Gasteiger charge is -2.14. The molecule has 162 valence electrons. The second-order valence-corrected chi connectivity index (χ2v) is 9.03. The Labute approximate surface area is 213 Å². The lowest BCUT2D eigenvalue weighted by Crippen LogP contribution is -2.13. The van der Waals surface area contributed by atoms with Gasteiger partial charge in [0.15, 0.2) is 11.5 Å². The summed E-state index contributed by atoms with van der Waals surface area (Å²) < 4.78 is 13.1. The predicted octanol–water partition coefficient (Wildman–Crippen LogP) is 6.84. The quantitative estimate of drug-likeness (QED) is 0.178. The number of carbonyl (C=O) groups excluding carboxylic acids is 1. The van der Waals surface area contributed by atoms with E-state index in [1.807, 2.05) is 30.3 Å². The van der Waals surface area contributed by atoms with Crippen molar-refractivity contribution in [2.24, 2.45) is 0 Å². The molecular formula is C24H17BrClIN2O3. The van der Waals surface area contributed by atoms with Crippen molar-refractivity contribution in [1.82, 2.24) is 0 Å². The number of benzene rings is 3. The second kappa shape index (κ2) is 11.4. The molecule has 1 N–H and O–H groups in total. The third kappa shape index (κ3) is 6.25. The number of nitrogens with zero attached hydrogens (tertiary/aromatic N) is 1. The maximum absolute atomic E-state index is 12.5. The molecule has 0 aliphatic heterocycles. The SMILES string of the molecule is COc1cc(/C=C(/C#N)C(=O)Nc2ccc(Br)cc2)cc(I)c1OCc1ccccc1Cl. The van der Waals surface area contributed by atoms with Gasteiger partial charge in [0.05, 0.1) is 10.7 Å². The number of rotatable bonds is 7. The van der Waals surface area contributed by atoms with Crippen LogP contribution in [0.25, 0.3) is 6.08 Å². The van der Waals surface area contributed by atoms with E-state index in [4.69, 9.17) is 21.1 Å². The molecular weight excluding hydrogens is 607 g/mol. The number of hydrogen-bond acceptors (Lipinski definition) is 4. The molecule has 0 unspecified atom stereocenters. The monoisotopic (exact) mass is 622 g/mol. The summed E-state index contributed by atoms with van der Waals surface area (Å²) in [5.74, 6) is 0.548. The van der Waals surface area contributed by atoms with Crippen LogP contribution in [-0.4, -0.2) is 13.0 Å². The average Bonchev–Trinajstić information content (AvgIpc) is 2.78. The standard InChI is InChI=1S/C24H17BrClIN2O3/c1-31-22-12-15(10-17(13-28)24(30)29-19-8-6-18(25)7-9-19)11-21(27)23(22)32-14-16-4-2-3-5-20(16)26/h2-12H,14H2,1H3,(H,29,30)/b17-10-. The van der Waals surface area contributed by atoms with Crippen LogP contribution in [0.3, 0.4) is 0 Å². The van der Waals surface area contributed by atoms with Crippen molar-refractivity contribution in [3.8, 4) is 17.6 Å². The van der Waals surface area contributed by atoms with E-state index in [0.29, 0.717) is 27.8 Å². The first-order chi connectivity index (χ1) is 15.4. The summed E-state index contributed by atoms with van der Waals surface area (Å²) in [5.41, 5.74) is 2.05. The van der Waals surface area contributed by atoms with E-state index in [0.717, 1.165) is 13.6 Å². The van der Waals surface area contributed by atoms with E-state index in [1.165, 1.54) is 13.2 Å². The Balaban J connectivity index is 1.82. The van der Waals surface area contributed by atoms with Gasteiger partial charge in [0, 0.05) is 20.7 Å². The van der Waals surface area contributed by atoms with Crippen LogP contribution in [0.2, 0.25) is 5.02 Å². The van der Waals surface area contributed by atoms with Crippen molar-refractivity contribution in [3.05, 3.63) is 90.4 Å². The van der Waals surface area contributed by atoms with E-state index in [1.54, 1.807) is 36.4 Å². The van der Waals surface area contributed by atoms with Gasteiger partial charge in [-0.25, -0.2) is 0 Å².